The number of hydrogen-bond donors (Lipinski definition) is 1. The first-order valence-corrected chi connectivity index (χ1v) is 7.32. The minimum atomic E-state index is -0.951. The van der Waals surface area contributed by atoms with Crippen LogP contribution < -0.4 is 0 Å². The van der Waals surface area contributed by atoms with Gasteiger partial charge < -0.3 is 19.1 Å². The number of rotatable bonds is 5. The molecule has 0 aliphatic carbocycles. The third-order valence-corrected chi connectivity index (χ3v) is 5.09. The summed E-state index contributed by atoms with van der Waals surface area (Å²) in [7, 11) is 1.02. The summed E-state index contributed by atoms with van der Waals surface area (Å²) < 4.78 is 17.5. The molecule has 1 radical (unpaired) electrons. The van der Waals surface area contributed by atoms with E-state index in [1.54, 1.807) is 14.3 Å². The van der Waals surface area contributed by atoms with Gasteiger partial charge in [0.25, 0.3) is 0 Å². The highest BCUT2D eigenvalue weighted by Gasteiger charge is 2.52. The molecule has 1 aliphatic heterocycles. The van der Waals surface area contributed by atoms with Crippen LogP contribution in [0.1, 0.15) is 62.3 Å². The maximum Gasteiger partial charge on any atom is 0.439 e. The Morgan fingerprint density at radius 1 is 1.05 bits per heavy atom. The molecule has 1 heterocycles. The standard InChI is InChI=1S/C14H29B2O4/c1-10(2)14(9,17)13(7,8)18-15-16-19-11(3,4)12(5,6)20-16/h10,17H,1-9H3. The van der Waals surface area contributed by atoms with Crippen molar-refractivity contribution in [3.8, 4) is 0 Å². The van der Waals surface area contributed by atoms with Gasteiger partial charge in [0.2, 0.25) is 0 Å². The molecule has 0 amide bonds. The average Bonchev–Trinajstić information content (AvgIpc) is 2.44. The molecule has 1 N–H and O–H groups in total. The van der Waals surface area contributed by atoms with E-state index < -0.39 is 18.2 Å². The van der Waals surface area contributed by atoms with Crippen molar-refractivity contribution < 1.29 is 19.1 Å². The highest BCUT2D eigenvalue weighted by Crippen LogP contribution is 2.37. The molecule has 0 aromatic carbocycles. The molecule has 1 atom stereocenters. The lowest BCUT2D eigenvalue weighted by Crippen LogP contribution is -2.55. The van der Waals surface area contributed by atoms with E-state index in [4.69, 9.17) is 14.0 Å². The Morgan fingerprint density at radius 3 is 1.80 bits per heavy atom. The SMILES string of the molecule is CC(C)C(C)(O)C(C)(C)O[B]B1OC(C)(C)C(C)(C)O1. The molecular formula is C14H29B2O4. The van der Waals surface area contributed by atoms with Crippen molar-refractivity contribution >= 4 is 14.4 Å². The Labute approximate surface area is 125 Å². The van der Waals surface area contributed by atoms with E-state index in [0.717, 1.165) is 0 Å². The molecule has 4 nitrogen and oxygen atoms in total. The highest BCUT2D eigenvalue weighted by molar-refractivity contribution is 7.03. The van der Waals surface area contributed by atoms with Crippen molar-refractivity contribution in [1.82, 2.24) is 0 Å². The van der Waals surface area contributed by atoms with Gasteiger partial charge in [-0.05, 0) is 54.4 Å². The van der Waals surface area contributed by atoms with E-state index >= 15 is 0 Å². The second-order valence-electron chi connectivity index (χ2n) is 7.69. The molecule has 0 aromatic rings. The maximum atomic E-state index is 10.6. The van der Waals surface area contributed by atoms with E-state index in [0.29, 0.717) is 0 Å². The molecule has 1 rings (SSSR count). The summed E-state index contributed by atoms with van der Waals surface area (Å²) in [5, 5.41) is 10.6. The van der Waals surface area contributed by atoms with E-state index in [9.17, 15) is 5.11 Å². The molecule has 0 aromatic heterocycles. The Balaban J connectivity index is 2.66. The molecular weight excluding hydrogens is 254 g/mol. The molecule has 20 heavy (non-hydrogen) atoms. The van der Waals surface area contributed by atoms with Crippen molar-refractivity contribution in [2.75, 3.05) is 0 Å². The zero-order valence-electron chi connectivity index (χ0n) is 14.4. The lowest BCUT2D eigenvalue weighted by molar-refractivity contribution is -0.129. The Kier molecular flexibility index (Phi) is 4.78. The first kappa shape index (κ1) is 18.0. The summed E-state index contributed by atoms with van der Waals surface area (Å²) in [6.45, 7) is 17.5. The predicted octanol–water partition coefficient (Wildman–Crippen LogP) is 2.40. The van der Waals surface area contributed by atoms with Gasteiger partial charge in [-0.2, -0.15) is 0 Å². The van der Waals surface area contributed by atoms with Crippen LogP contribution in [-0.4, -0.2) is 41.9 Å². The van der Waals surface area contributed by atoms with E-state index in [2.05, 4.69) is 0 Å². The van der Waals surface area contributed by atoms with Crippen molar-refractivity contribution in [3.63, 3.8) is 0 Å². The average molecular weight is 283 g/mol. The number of aliphatic hydroxyl groups is 1. The van der Waals surface area contributed by atoms with Crippen molar-refractivity contribution in [2.24, 2.45) is 5.92 Å². The van der Waals surface area contributed by atoms with E-state index in [1.165, 1.54) is 0 Å². The normalized spacial score (nSPS) is 24.9. The second kappa shape index (κ2) is 5.31. The van der Waals surface area contributed by atoms with Crippen LogP contribution in [-0.2, 0) is 14.0 Å². The molecule has 6 heteroatoms. The minimum Gasteiger partial charge on any atom is -0.435 e. The van der Waals surface area contributed by atoms with Gasteiger partial charge in [0.15, 0.2) is 0 Å². The fourth-order valence-corrected chi connectivity index (χ4v) is 1.98. The predicted molar refractivity (Wildman–Crippen MR) is 82.5 cm³/mol. The summed E-state index contributed by atoms with van der Waals surface area (Å²) >= 11 is 0. The molecule has 1 unspecified atom stereocenters. The highest BCUT2D eigenvalue weighted by atomic mass is 16.7. The zero-order chi connectivity index (χ0) is 16.0. The summed E-state index contributed by atoms with van der Waals surface area (Å²) in [5.41, 5.74) is -2.46. The van der Waals surface area contributed by atoms with Crippen LogP contribution in [0.3, 0.4) is 0 Å². The van der Waals surface area contributed by atoms with Crippen LogP contribution in [0, 0.1) is 5.92 Å². The Hall–Kier alpha value is -0.0301. The van der Waals surface area contributed by atoms with Crippen molar-refractivity contribution in [2.45, 2.75) is 84.7 Å². The van der Waals surface area contributed by atoms with Gasteiger partial charge >= 0.3 is 14.4 Å². The van der Waals surface area contributed by atoms with Crippen LogP contribution >= 0.6 is 0 Å². The molecule has 1 saturated heterocycles. The zero-order valence-corrected chi connectivity index (χ0v) is 14.4. The molecule has 115 valence electrons. The van der Waals surface area contributed by atoms with Crippen molar-refractivity contribution in [3.05, 3.63) is 0 Å². The molecule has 0 spiro atoms. The van der Waals surface area contributed by atoms with Crippen LogP contribution in [0.2, 0.25) is 0 Å². The fourth-order valence-electron chi connectivity index (χ4n) is 1.98. The van der Waals surface area contributed by atoms with Gasteiger partial charge in [0.05, 0.1) is 22.4 Å². The van der Waals surface area contributed by atoms with Gasteiger partial charge in [0, 0.05) is 0 Å². The van der Waals surface area contributed by atoms with Crippen LogP contribution in [0.25, 0.3) is 0 Å². The van der Waals surface area contributed by atoms with E-state index in [1.807, 2.05) is 55.4 Å². The topological polar surface area (TPSA) is 47.9 Å². The molecule has 0 saturated carbocycles. The van der Waals surface area contributed by atoms with Crippen molar-refractivity contribution in [1.29, 1.82) is 0 Å². The smallest absolute Gasteiger partial charge is 0.435 e. The summed E-state index contributed by atoms with van der Waals surface area (Å²) in [5.74, 6) is 0.0733. The number of hydrogen-bond acceptors (Lipinski definition) is 4. The first-order valence-electron chi connectivity index (χ1n) is 7.32. The van der Waals surface area contributed by atoms with Gasteiger partial charge in [-0.25, -0.2) is 0 Å². The lowest BCUT2D eigenvalue weighted by Gasteiger charge is -2.43. The second-order valence-corrected chi connectivity index (χ2v) is 7.69. The monoisotopic (exact) mass is 283 g/mol. The van der Waals surface area contributed by atoms with Crippen LogP contribution in [0.15, 0.2) is 0 Å². The Morgan fingerprint density at radius 2 is 1.45 bits per heavy atom. The largest absolute Gasteiger partial charge is 0.439 e. The Bertz CT molecular complexity index is 335. The van der Waals surface area contributed by atoms with Gasteiger partial charge in [-0.1, -0.05) is 13.8 Å². The van der Waals surface area contributed by atoms with Gasteiger partial charge in [0.1, 0.15) is 0 Å². The summed E-state index contributed by atoms with van der Waals surface area (Å²) in [6.07, 6.45) is 0. The lowest BCUT2D eigenvalue weighted by atomic mass is 9.55. The maximum absolute atomic E-state index is 10.6. The van der Waals surface area contributed by atoms with Gasteiger partial charge in [-0.3, -0.25) is 0 Å². The quantitative estimate of drug-likeness (QED) is 0.787. The molecule has 0 bridgehead atoms. The third-order valence-electron chi connectivity index (χ3n) is 5.09. The molecule has 1 fully saturated rings. The minimum absolute atomic E-state index is 0.0733. The first-order chi connectivity index (χ1) is 8.73. The molecule has 1 aliphatic rings. The van der Waals surface area contributed by atoms with Gasteiger partial charge in [-0.15, -0.1) is 0 Å². The van der Waals surface area contributed by atoms with Crippen LogP contribution in [0.5, 0.6) is 0 Å². The summed E-state index contributed by atoms with van der Waals surface area (Å²) in [4.78, 5) is 0. The van der Waals surface area contributed by atoms with Crippen LogP contribution in [0.4, 0.5) is 0 Å². The summed E-state index contributed by atoms with van der Waals surface area (Å²) in [6, 6.07) is 0. The fraction of sp³-hybridized carbons (Fsp3) is 1.00. The van der Waals surface area contributed by atoms with E-state index in [-0.39, 0.29) is 17.1 Å². The third kappa shape index (κ3) is 3.24.